The van der Waals surface area contributed by atoms with E-state index in [1.165, 1.54) is 12.1 Å². The molecule has 6 rings (SSSR count). The zero-order valence-corrected chi connectivity index (χ0v) is 22.7. The zero-order valence-electron chi connectivity index (χ0n) is 22.7. The highest BCUT2D eigenvalue weighted by molar-refractivity contribution is 6.37. The first kappa shape index (κ1) is 26.0. The van der Waals surface area contributed by atoms with Gasteiger partial charge in [-0.05, 0) is 61.1 Å². The number of anilines is 3. The third kappa shape index (κ3) is 5.17. The smallest absolute Gasteiger partial charge is 0.258 e. The molecule has 0 radical (unpaired) electrons. The Hall–Kier alpha value is -4.21. The topological polar surface area (TPSA) is 77.2 Å². The van der Waals surface area contributed by atoms with E-state index in [-0.39, 0.29) is 11.8 Å². The van der Waals surface area contributed by atoms with Gasteiger partial charge < -0.3 is 25.2 Å². The lowest BCUT2D eigenvalue weighted by Crippen LogP contribution is -2.48. The van der Waals surface area contributed by atoms with Crippen LogP contribution >= 0.6 is 0 Å². The van der Waals surface area contributed by atoms with Crippen molar-refractivity contribution in [3.05, 3.63) is 83.2 Å². The van der Waals surface area contributed by atoms with E-state index in [2.05, 4.69) is 27.5 Å². The third-order valence-corrected chi connectivity index (χ3v) is 7.81. The number of hydrogen-bond acceptors (Lipinski definition) is 6. The number of hydrogen-bond donors (Lipinski definition) is 2. The highest BCUT2D eigenvalue weighted by Gasteiger charge is 2.29. The fourth-order valence-corrected chi connectivity index (χ4v) is 5.35. The third-order valence-electron chi connectivity index (χ3n) is 7.81. The number of ether oxygens (including phenoxy) is 1. The van der Waals surface area contributed by atoms with Crippen LogP contribution in [0.15, 0.2) is 60.7 Å². The molecule has 0 aromatic heterocycles. The molecule has 206 valence electrons. The fraction of sp³-hybridized carbons (Fsp3) is 0.290. The normalized spacial score (nSPS) is 18.0. The van der Waals surface area contributed by atoms with E-state index in [0.717, 1.165) is 60.9 Å². The van der Waals surface area contributed by atoms with Crippen LogP contribution in [0, 0.1) is 5.82 Å². The molecule has 0 unspecified atom stereocenters. The maximum Gasteiger partial charge on any atom is 0.258 e. The number of likely N-dealkylation sites (N-methyl/N-ethyl adjacent to an activating group) is 2. The Bertz CT molecular complexity index is 1500. The molecule has 9 heteroatoms. The van der Waals surface area contributed by atoms with Gasteiger partial charge in [-0.2, -0.15) is 0 Å². The van der Waals surface area contributed by atoms with Gasteiger partial charge in [-0.15, -0.1) is 0 Å². The van der Waals surface area contributed by atoms with E-state index in [1.54, 1.807) is 18.0 Å². The molecule has 8 nitrogen and oxygen atoms in total. The van der Waals surface area contributed by atoms with Crippen LogP contribution in [0.2, 0.25) is 0 Å². The summed E-state index contributed by atoms with van der Waals surface area (Å²) in [6, 6.07) is 17.8. The lowest BCUT2D eigenvalue weighted by Gasteiger charge is -2.32. The minimum Gasteiger partial charge on any atom is -0.493 e. The van der Waals surface area contributed by atoms with Crippen LogP contribution in [0.25, 0.3) is 11.3 Å². The Morgan fingerprint density at radius 1 is 1.05 bits per heavy atom. The molecular formula is C31H32FN5O3. The van der Waals surface area contributed by atoms with Crippen molar-refractivity contribution in [2.45, 2.75) is 6.42 Å². The van der Waals surface area contributed by atoms with Gasteiger partial charge in [0.05, 0.1) is 30.1 Å². The van der Waals surface area contributed by atoms with Gasteiger partial charge in [0.2, 0.25) is 5.91 Å². The molecule has 3 aliphatic rings. The summed E-state index contributed by atoms with van der Waals surface area (Å²) in [6.45, 7) is 4.70. The van der Waals surface area contributed by atoms with Crippen molar-refractivity contribution in [3.8, 4) is 5.75 Å². The highest BCUT2D eigenvalue weighted by Crippen LogP contribution is 2.39. The zero-order chi connectivity index (χ0) is 27.8. The minimum atomic E-state index is -0.414. The summed E-state index contributed by atoms with van der Waals surface area (Å²) in [5.41, 5.74) is 5.52. The van der Waals surface area contributed by atoms with Crippen LogP contribution < -0.4 is 20.3 Å². The minimum absolute atomic E-state index is 0.0395. The predicted octanol–water partition coefficient (Wildman–Crippen LogP) is 3.90. The molecule has 3 aromatic carbocycles. The van der Waals surface area contributed by atoms with Gasteiger partial charge in [-0.3, -0.25) is 14.5 Å². The van der Waals surface area contributed by atoms with Crippen LogP contribution in [0.5, 0.6) is 5.75 Å². The van der Waals surface area contributed by atoms with Crippen molar-refractivity contribution in [2.75, 3.05) is 69.0 Å². The van der Waals surface area contributed by atoms with Crippen molar-refractivity contribution in [1.29, 1.82) is 0 Å². The number of nitrogens with zero attached hydrogens (tertiary/aromatic N) is 3. The van der Waals surface area contributed by atoms with Crippen LogP contribution in [-0.4, -0.2) is 75.0 Å². The fourth-order valence-electron chi connectivity index (χ4n) is 5.35. The first-order valence-electron chi connectivity index (χ1n) is 13.5. The monoisotopic (exact) mass is 541 g/mol. The summed E-state index contributed by atoms with van der Waals surface area (Å²) >= 11 is 0. The summed E-state index contributed by atoms with van der Waals surface area (Å²) < 4.78 is 19.7. The molecule has 3 heterocycles. The van der Waals surface area contributed by atoms with Gasteiger partial charge in [0, 0.05) is 62.1 Å². The number of piperazine rings is 1. The summed E-state index contributed by atoms with van der Waals surface area (Å²) in [6.07, 6.45) is 0.847. The van der Waals surface area contributed by atoms with E-state index in [9.17, 15) is 14.0 Å². The molecule has 0 atom stereocenters. The highest BCUT2D eigenvalue weighted by atomic mass is 19.1. The van der Waals surface area contributed by atoms with Gasteiger partial charge in [0.25, 0.3) is 5.91 Å². The molecule has 3 aromatic rings. The molecule has 2 N–H and O–H groups in total. The molecule has 2 amide bonds. The number of nitrogens with one attached hydrogen (secondary N) is 2. The quantitative estimate of drug-likeness (QED) is 0.461. The number of carbonyl (C=O) groups excluding carboxylic acids is 2. The summed E-state index contributed by atoms with van der Waals surface area (Å²) in [4.78, 5) is 32.2. The SMILES string of the molecule is CN1CCN(CC(=O)N(C)c2ccc(N/C(=C3\C(=O)Nc4cc(F)ccc43)c3ccc4c(c3)OCC4)cc2)CC1. The molecular weight excluding hydrogens is 509 g/mol. The number of carbonyl (C=O) groups is 2. The second-order valence-corrected chi connectivity index (χ2v) is 10.5. The second kappa shape index (κ2) is 10.7. The number of amides is 2. The molecule has 40 heavy (non-hydrogen) atoms. The Kier molecular flexibility index (Phi) is 7.00. The number of halogens is 1. The van der Waals surface area contributed by atoms with Crippen molar-refractivity contribution in [3.63, 3.8) is 0 Å². The van der Waals surface area contributed by atoms with Crippen molar-refractivity contribution < 1.29 is 18.7 Å². The van der Waals surface area contributed by atoms with Crippen LogP contribution in [0.3, 0.4) is 0 Å². The Labute approximate surface area is 233 Å². The molecule has 0 spiro atoms. The van der Waals surface area contributed by atoms with Crippen molar-refractivity contribution in [1.82, 2.24) is 9.80 Å². The summed E-state index contributed by atoms with van der Waals surface area (Å²) in [7, 11) is 3.88. The van der Waals surface area contributed by atoms with Crippen LogP contribution in [-0.2, 0) is 16.0 Å². The lowest BCUT2D eigenvalue weighted by atomic mass is 9.98. The average molecular weight is 542 g/mol. The molecule has 0 aliphatic carbocycles. The number of fused-ring (bicyclic) bond motifs is 2. The Morgan fingerprint density at radius 3 is 2.60 bits per heavy atom. The first-order chi connectivity index (χ1) is 19.4. The molecule has 0 saturated carbocycles. The second-order valence-electron chi connectivity index (χ2n) is 10.5. The van der Waals surface area contributed by atoms with E-state index >= 15 is 0 Å². The lowest BCUT2D eigenvalue weighted by molar-refractivity contribution is -0.119. The largest absolute Gasteiger partial charge is 0.493 e. The maximum atomic E-state index is 13.9. The summed E-state index contributed by atoms with van der Waals surface area (Å²) in [5.74, 6) is 0.113. The first-order valence-corrected chi connectivity index (χ1v) is 13.5. The van der Waals surface area contributed by atoms with Gasteiger partial charge in [0.1, 0.15) is 11.6 Å². The van der Waals surface area contributed by atoms with Crippen molar-refractivity contribution >= 4 is 40.1 Å². The average Bonchev–Trinajstić information content (AvgIpc) is 3.55. The van der Waals surface area contributed by atoms with Crippen LogP contribution in [0.1, 0.15) is 16.7 Å². The van der Waals surface area contributed by atoms with E-state index in [1.807, 2.05) is 42.5 Å². The Balaban J connectivity index is 1.28. The van der Waals surface area contributed by atoms with Gasteiger partial charge >= 0.3 is 0 Å². The molecule has 1 saturated heterocycles. The van der Waals surface area contributed by atoms with Crippen LogP contribution in [0.4, 0.5) is 21.5 Å². The van der Waals surface area contributed by atoms with Crippen molar-refractivity contribution in [2.24, 2.45) is 0 Å². The standard InChI is InChI=1S/C31H32FN5O3/c1-35-12-14-37(15-13-35)19-28(38)36(2)24-8-6-23(7-9-24)33-30(21-4-3-20-11-16-40-27(20)17-21)29-25-10-5-22(32)18-26(25)34-31(29)39/h3-10,17-18,33H,11-16,19H2,1-2H3,(H,34,39)/b30-29-. The molecule has 0 bridgehead atoms. The summed E-state index contributed by atoms with van der Waals surface area (Å²) in [5, 5.41) is 6.22. The maximum absolute atomic E-state index is 13.9. The van der Waals surface area contributed by atoms with E-state index < -0.39 is 5.82 Å². The molecule has 3 aliphatic heterocycles. The van der Waals surface area contributed by atoms with Gasteiger partial charge in [-0.1, -0.05) is 12.1 Å². The number of benzene rings is 3. The predicted molar refractivity (Wildman–Crippen MR) is 155 cm³/mol. The van der Waals surface area contributed by atoms with E-state index in [4.69, 9.17) is 4.74 Å². The van der Waals surface area contributed by atoms with Gasteiger partial charge in [-0.25, -0.2) is 4.39 Å². The Morgan fingerprint density at radius 2 is 1.82 bits per heavy atom. The van der Waals surface area contributed by atoms with E-state index in [0.29, 0.717) is 35.7 Å². The molecule has 1 fully saturated rings. The number of rotatable bonds is 6. The van der Waals surface area contributed by atoms with Gasteiger partial charge in [0.15, 0.2) is 0 Å².